The van der Waals surface area contributed by atoms with E-state index in [0.29, 0.717) is 30.5 Å². The van der Waals surface area contributed by atoms with Crippen molar-refractivity contribution in [2.75, 3.05) is 26.7 Å². The van der Waals surface area contributed by atoms with Gasteiger partial charge in [0.2, 0.25) is 10.0 Å². The molecular weight excluding hydrogens is 533 g/mol. The molecule has 1 aliphatic rings. The van der Waals surface area contributed by atoms with Crippen LogP contribution in [0.25, 0.3) is 0 Å². The monoisotopic (exact) mass is 563 g/mol. The van der Waals surface area contributed by atoms with E-state index in [1.54, 1.807) is 34.8 Å². The lowest BCUT2D eigenvalue weighted by Gasteiger charge is -2.25. The molecule has 7 nitrogen and oxygen atoms in total. The van der Waals surface area contributed by atoms with Gasteiger partial charge in [0.05, 0.1) is 9.90 Å². The summed E-state index contributed by atoms with van der Waals surface area (Å²) in [5.41, 5.74) is 1.00. The third kappa shape index (κ3) is 6.89. The number of aliphatic imine (C=N–C) groups is 1. The first kappa shape index (κ1) is 25.0. The molecule has 3 rings (SSSR count). The summed E-state index contributed by atoms with van der Waals surface area (Å²) in [6.45, 7) is 4.61. The normalized spacial score (nSPS) is 15.5. The molecule has 1 aromatic heterocycles. The molecule has 2 heterocycles. The van der Waals surface area contributed by atoms with Gasteiger partial charge >= 0.3 is 0 Å². The minimum absolute atomic E-state index is 0. The zero-order valence-electron chi connectivity index (χ0n) is 17.4. The van der Waals surface area contributed by atoms with E-state index < -0.39 is 10.0 Å². The molecule has 0 amide bonds. The fraction of sp³-hybridized carbons (Fsp3) is 0.500. The highest BCUT2D eigenvalue weighted by Gasteiger charge is 2.25. The van der Waals surface area contributed by atoms with Crippen LogP contribution in [-0.4, -0.2) is 50.3 Å². The largest absolute Gasteiger partial charge is 0.356 e. The first-order valence-electron chi connectivity index (χ1n) is 9.94. The number of nitrogens with zero attached hydrogens (tertiary/aromatic N) is 3. The number of halogens is 1. The molecule has 30 heavy (non-hydrogen) atoms. The van der Waals surface area contributed by atoms with Gasteiger partial charge < -0.3 is 10.6 Å². The predicted molar refractivity (Wildman–Crippen MR) is 133 cm³/mol. The first-order valence-corrected chi connectivity index (χ1v) is 12.2. The Morgan fingerprint density at radius 1 is 1.17 bits per heavy atom. The number of aromatic nitrogens is 1. The zero-order chi connectivity index (χ0) is 20.7. The summed E-state index contributed by atoms with van der Waals surface area (Å²) in [6.07, 6.45) is 5.73. The summed E-state index contributed by atoms with van der Waals surface area (Å²) in [7, 11) is -1.65. The molecule has 1 aromatic carbocycles. The molecule has 1 saturated heterocycles. The molecule has 0 aliphatic carbocycles. The van der Waals surface area contributed by atoms with Crippen LogP contribution in [0.1, 0.15) is 34.7 Å². The Morgan fingerprint density at radius 2 is 1.87 bits per heavy atom. The van der Waals surface area contributed by atoms with Crippen LogP contribution in [0.2, 0.25) is 0 Å². The summed E-state index contributed by atoms with van der Waals surface area (Å²) in [5.74, 6) is 0.711. The molecule has 0 bridgehead atoms. The summed E-state index contributed by atoms with van der Waals surface area (Å²) in [6, 6.07) is 7.11. The van der Waals surface area contributed by atoms with E-state index in [2.05, 4.69) is 27.5 Å². The second-order valence-electron chi connectivity index (χ2n) is 7.08. The highest BCUT2D eigenvalue weighted by molar-refractivity contribution is 14.0. The van der Waals surface area contributed by atoms with E-state index in [-0.39, 0.29) is 24.0 Å². The van der Waals surface area contributed by atoms with Crippen molar-refractivity contribution in [3.05, 3.63) is 45.9 Å². The lowest BCUT2D eigenvalue weighted by Crippen LogP contribution is -2.37. The Morgan fingerprint density at radius 3 is 2.47 bits per heavy atom. The van der Waals surface area contributed by atoms with E-state index in [0.717, 1.165) is 42.8 Å². The van der Waals surface area contributed by atoms with Gasteiger partial charge in [0.25, 0.3) is 0 Å². The van der Waals surface area contributed by atoms with Gasteiger partial charge in [0, 0.05) is 50.7 Å². The van der Waals surface area contributed by atoms with E-state index in [4.69, 9.17) is 0 Å². The number of piperidine rings is 1. The highest BCUT2D eigenvalue weighted by atomic mass is 127. The number of rotatable bonds is 7. The maximum atomic E-state index is 12.7. The van der Waals surface area contributed by atoms with Gasteiger partial charge in [-0.2, -0.15) is 4.31 Å². The van der Waals surface area contributed by atoms with Crippen molar-refractivity contribution in [3.8, 4) is 0 Å². The van der Waals surface area contributed by atoms with Crippen molar-refractivity contribution in [2.24, 2.45) is 4.99 Å². The summed E-state index contributed by atoms with van der Waals surface area (Å²) in [4.78, 5) is 10.2. The number of guanidine groups is 1. The summed E-state index contributed by atoms with van der Waals surface area (Å²) >= 11 is 1.71. The van der Waals surface area contributed by atoms with Gasteiger partial charge in [-0.3, -0.25) is 4.99 Å². The van der Waals surface area contributed by atoms with E-state index in [1.165, 1.54) is 4.88 Å². The third-order valence-corrected chi connectivity index (χ3v) is 7.75. The smallest absolute Gasteiger partial charge is 0.243 e. The number of nitrogens with one attached hydrogen (secondary N) is 2. The van der Waals surface area contributed by atoms with Crippen LogP contribution in [0, 0.1) is 6.92 Å². The van der Waals surface area contributed by atoms with Crippen LogP contribution >= 0.6 is 35.3 Å². The Balaban J connectivity index is 0.00000320. The molecule has 0 unspecified atom stereocenters. The van der Waals surface area contributed by atoms with Gasteiger partial charge in [0.1, 0.15) is 0 Å². The molecular formula is C20H30IN5O2S2. The van der Waals surface area contributed by atoms with Crippen molar-refractivity contribution < 1.29 is 8.42 Å². The van der Waals surface area contributed by atoms with Crippen LogP contribution in [0.5, 0.6) is 0 Å². The molecule has 166 valence electrons. The number of sulfonamides is 1. The van der Waals surface area contributed by atoms with E-state index in [9.17, 15) is 8.42 Å². The van der Waals surface area contributed by atoms with Crippen LogP contribution in [0.3, 0.4) is 0 Å². The van der Waals surface area contributed by atoms with Crippen LogP contribution < -0.4 is 10.6 Å². The van der Waals surface area contributed by atoms with Crippen molar-refractivity contribution >= 4 is 51.3 Å². The fourth-order valence-corrected chi connectivity index (χ4v) is 5.55. The minimum atomic E-state index is -3.38. The maximum absolute atomic E-state index is 12.7. The number of hydrogen-bond donors (Lipinski definition) is 2. The quantitative estimate of drug-likeness (QED) is 0.307. The highest BCUT2D eigenvalue weighted by Crippen LogP contribution is 2.20. The van der Waals surface area contributed by atoms with E-state index >= 15 is 0 Å². The van der Waals surface area contributed by atoms with Crippen LogP contribution in [0.15, 0.2) is 40.4 Å². The fourth-order valence-electron chi connectivity index (χ4n) is 3.24. The van der Waals surface area contributed by atoms with Gasteiger partial charge in [-0.05, 0) is 37.5 Å². The van der Waals surface area contributed by atoms with E-state index in [1.807, 2.05) is 18.3 Å². The predicted octanol–water partition coefficient (Wildman–Crippen LogP) is 3.15. The van der Waals surface area contributed by atoms with Crippen LogP contribution in [0.4, 0.5) is 0 Å². The second-order valence-corrected chi connectivity index (χ2v) is 10.3. The number of aryl methyl sites for hydroxylation is 1. The second kappa shape index (κ2) is 12.0. The Bertz CT molecular complexity index is 923. The molecule has 0 radical (unpaired) electrons. The molecule has 0 saturated carbocycles. The van der Waals surface area contributed by atoms with Crippen molar-refractivity contribution in [1.29, 1.82) is 0 Å². The molecule has 1 fully saturated rings. The number of hydrogen-bond acceptors (Lipinski definition) is 5. The lowest BCUT2D eigenvalue weighted by atomic mass is 10.2. The minimum Gasteiger partial charge on any atom is -0.356 e. The average molecular weight is 564 g/mol. The van der Waals surface area contributed by atoms with Crippen molar-refractivity contribution in [3.63, 3.8) is 0 Å². The van der Waals surface area contributed by atoms with Crippen LogP contribution in [-0.2, 0) is 23.0 Å². The first-order chi connectivity index (χ1) is 14.0. The molecule has 0 atom stereocenters. The van der Waals surface area contributed by atoms with Gasteiger partial charge in [-0.15, -0.1) is 35.3 Å². The Labute approximate surface area is 200 Å². The van der Waals surface area contributed by atoms with Gasteiger partial charge in [0.15, 0.2) is 5.96 Å². The third-order valence-electron chi connectivity index (χ3n) is 4.86. The summed E-state index contributed by atoms with van der Waals surface area (Å²) in [5, 5.41) is 7.65. The molecule has 2 N–H and O–H groups in total. The molecule has 2 aromatic rings. The van der Waals surface area contributed by atoms with Gasteiger partial charge in [-0.1, -0.05) is 18.6 Å². The Hall–Kier alpha value is -1.24. The Kier molecular flexibility index (Phi) is 9.98. The molecule has 1 aliphatic heterocycles. The topological polar surface area (TPSA) is 86.7 Å². The lowest BCUT2D eigenvalue weighted by molar-refractivity contribution is 0.346. The average Bonchev–Trinajstić information content (AvgIpc) is 3.16. The number of thiazole rings is 1. The SMILES string of the molecule is CN=C(NCCc1ncc(C)s1)NCc1ccc(S(=O)(=O)N2CCCCC2)cc1.I. The maximum Gasteiger partial charge on any atom is 0.243 e. The van der Waals surface area contributed by atoms with Crippen molar-refractivity contribution in [1.82, 2.24) is 19.9 Å². The standard InChI is InChI=1S/C20H29N5O2S2.HI/c1-16-14-23-19(28-16)10-11-22-20(21-2)24-15-17-6-8-18(9-7-17)29(26,27)25-12-4-3-5-13-25;/h6-9,14H,3-5,10-13,15H2,1-2H3,(H2,21,22,24);1H. The summed E-state index contributed by atoms with van der Waals surface area (Å²) < 4.78 is 27.0. The zero-order valence-corrected chi connectivity index (χ0v) is 21.4. The number of benzene rings is 1. The van der Waals surface area contributed by atoms with Crippen molar-refractivity contribution in [2.45, 2.75) is 44.0 Å². The van der Waals surface area contributed by atoms with Gasteiger partial charge in [-0.25, -0.2) is 13.4 Å². The molecule has 10 heteroatoms. The molecule has 0 spiro atoms.